The number of nitrogens with zero attached hydrogens (tertiary/aromatic N) is 2. The molecule has 1 heterocycles. The van der Waals surface area contributed by atoms with Gasteiger partial charge in [0.05, 0.1) is 11.9 Å². The molecule has 0 fully saturated rings. The SMILES string of the molecule is Cc1ncc(/C=C/C(=O)OC(C)(C)C)n1C. The topological polar surface area (TPSA) is 44.1 Å². The Labute approximate surface area is 95.9 Å². The summed E-state index contributed by atoms with van der Waals surface area (Å²) in [6.45, 7) is 7.43. The minimum atomic E-state index is -0.455. The summed E-state index contributed by atoms with van der Waals surface area (Å²) in [4.78, 5) is 15.5. The molecule has 88 valence electrons. The fraction of sp³-hybridized carbons (Fsp3) is 0.500. The first kappa shape index (κ1) is 12.5. The Morgan fingerprint density at radius 1 is 1.50 bits per heavy atom. The molecule has 0 atom stereocenters. The molecule has 1 rings (SSSR count). The summed E-state index contributed by atoms with van der Waals surface area (Å²) < 4.78 is 7.05. The van der Waals surface area contributed by atoms with E-state index in [1.54, 1.807) is 12.3 Å². The minimum absolute atomic E-state index is 0.341. The van der Waals surface area contributed by atoms with E-state index in [0.29, 0.717) is 0 Å². The van der Waals surface area contributed by atoms with Gasteiger partial charge in [-0.25, -0.2) is 9.78 Å². The predicted octanol–water partition coefficient (Wildman–Crippen LogP) is 2.08. The van der Waals surface area contributed by atoms with Crippen LogP contribution in [0.25, 0.3) is 6.08 Å². The van der Waals surface area contributed by atoms with Gasteiger partial charge in [0.15, 0.2) is 0 Å². The number of carbonyl (C=O) groups is 1. The maximum absolute atomic E-state index is 11.4. The van der Waals surface area contributed by atoms with E-state index in [2.05, 4.69) is 4.98 Å². The van der Waals surface area contributed by atoms with Gasteiger partial charge in [-0.3, -0.25) is 0 Å². The Kier molecular flexibility index (Phi) is 3.52. The smallest absolute Gasteiger partial charge is 0.331 e. The zero-order valence-electron chi connectivity index (χ0n) is 10.4. The molecule has 4 heteroatoms. The highest BCUT2D eigenvalue weighted by Gasteiger charge is 2.13. The van der Waals surface area contributed by atoms with Crippen LogP contribution in [0.3, 0.4) is 0 Å². The van der Waals surface area contributed by atoms with Crippen molar-refractivity contribution in [3.05, 3.63) is 23.8 Å². The van der Waals surface area contributed by atoms with E-state index in [1.165, 1.54) is 6.08 Å². The molecule has 0 aliphatic heterocycles. The lowest BCUT2D eigenvalue weighted by atomic mass is 10.2. The summed E-state index contributed by atoms with van der Waals surface area (Å²) in [5.74, 6) is 0.565. The van der Waals surface area contributed by atoms with Crippen LogP contribution in [0, 0.1) is 6.92 Å². The van der Waals surface area contributed by atoms with E-state index in [-0.39, 0.29) is 5.97 Å². The lowest BCUT2D eigenvalue weighted by molar-refractivity contribution is -0.148. The van der Waals surface area contributed by atoms with Gasteiger partial charge in [0, 0.05) is 13.1 Å². The number of hydrogen-bond acceptors (Lipinski definition) is 3. The molecule has 0 saturated carbocycles. The van der Waals surface area contributed by atoms with Gasteiger partial charge < -0.3 is 9.30 Å². The van der Waals surface area contributed by atoms with Gasteiger partial charge in [-0.15, -0.1) is 0 Å². The molecule has 0 aliphatic rings. The number of aromatic nitrogens is 2. The minimum Gasteiger partial charge on any atom is -0.457 e. The number of esters is 1. The predicted molar refractivity (Wildman–Crippen MR) is 62.8 cm³/mol. The number of ether oxygens (including phenoxy) is 1. The summed E-state index contributed by atoms with van der Waals surface area (Å²) in [5.41, 5.74) is 0.424. The molecule has 1 aromatic rings. The highest BCUT2D eigenvalue weighted by molar-refractivity contribution is 5.87. The molecule has 0 aromatic carbocycles. The Hall–Kier alpha value is -1.58. The van der Waals surface area contributed by atoms with Crippen molar-refractivity contribution in [3.8, 4) is 0 Å². The highest BCUT2D eigenvalue weighted by atomic mass is 16.6. The number of carbonyl (C=O) groups excluding carboxylic acids is 1. The van der Waals surface area contributed by atoms with Gasteiger partial charge in [0.25, 0.3) is 0 Å². The molecule has 4 nitrogen and oxygen atoms in total. The second kappa shape index (κ2) is 4.51. The van der Waals surface area contributed by atoms with E-state index < -0.39 is 5.60 Å². The van der Waals surface area contributed by atoms with Crippen LogP contribution in [-0.4, -0.2) is 21.1 Å². The first-order valence-electron chi connectivity index (χ1n) is 5.19. The van der Waals surface area contributed by atoms with Gasteiger partial charge >= 0.3 is 5.97 Å². The molecular formula is C12H18N2O2. The third-order valence-electron chi connectivity index (χ3n) is 2.05. The van der Waals surface area contributed by atoms with Crippen LogP contribution in [0.2, 0.25) is 0 Å². The highest BCUT2D eigenvalue weighted by Crippen LogP contribution is 2.09. The van der Waals surface area contributed by atoms with Crippen LogP contribution >= 0.6 is 0 Å². The lowest BCUT2D eigenvalue weighted by Gasteiger charge is -2.17. The van der Waals surface area contributed by atoms with Crippen molar-refractivity contribution in [2.75, 3.05) is 0 Å². The molecule has 0 N–H and O–H groups in total. The van der Waals surface area contributed by atoms with Crippen LogP contribution < -0.4 is 0 Å². The average molecular weight is 222 g/mol. The van der Waals surface area contributed by atoms with Gasteiger partial charge in [-0.05, 0) is 33.8 Å². The zero-order valence-corrected chi connectivity index (χ0v) is 10.4. The molecule has 0 radical (unpaired) electrons. The third-order valence-corrected chi connectivity index (χ3v) is 2.05. The summed E-state index contributed by atoms with van der Waals surface area (Å²) in [5, 5.41) is 0. The summed E-state index contributed by atoms with van der Waals surface area (Å²) in [6.07, 6.45) is 4.84. The number of aryl methyl sites for hydroxylation is 1. The summed E-state index contributed by atoms with van der Waals surface area (Å²) in [6, 6.07) is 0. The molecule has 0 saturated heterocycles. The van der Waals surface area contributed by atoms with E-state index in [9.17, 15) is 4.79 Å². The largest absolute Gasteiger partial charge is 0.457 e. The maximum atomic E-state index is 11.4. The van der Waals surface area contributed by atoms with Crippen LogP contribution in [0.4, 0.5) is 0 Å². The second-order valence-corrected chi connectivity index (χ2v) is 4.66. The fourth-order valence-corrected chi connectivity index (χ4v) is 1.16. The summed E-state index contributed by atoms with van der Waals surface area (Å²) >= 11 is 0. The quantitative estimate of drug-likeness (QED) is 0.568. The Balaban J connectivity index is 2.68. The fourth-order valence-electron chi connectivity index (χ4n) is 1.16. The second-order valence-electron chi connectivity index (χ2n) is 4.66. The van der Waals surface area contributed by atoms with Crippen molar-refractivity contribution in [2.24, 2.45) is 7.05 Å². The van der Waals surface area contributed by atoms with Crippen molar-refractivity contribution in [3.63, 3.8) is 0 Å². The molecule has 16 heavy (non-hydrogen) atoms. The molecule has 0 amide bonds. The molecular weight excluding hydrogens is 204 g/mol. The van der Waals surface area contributed by atoms with Gasteiger partial charge in [0.1, 0.15) is 11.4 Å². The first-order chi connectivity index (χ1) is 7.29. The van der Waals surface area contributed by atoms with Crippen molar-refractivity contribution in [2.45, 2.75) is 33.3 Å². The normalized spacial score (nSPS) is 12.1. The number of hydrogen-bond donors (Lipinski definition) is 0. The van der Waals surface area contributed by atoms with Gasteiger partial charge in [-0.2, -0.15) is 0 Å². The van der Waals surface area contributed by atoms with Crippen LogP contribution in [0.15, 0.2) is 12.3 Å². The van der Waals surface area contributed by atoms with Crippen LogP contribution in [0.1, 0.15) is 32.3 Å². The molecule has 1 aromatic heterocycles. The molecule has 0 unspecified atom stereocenters. The Bertz CT molecular complexity index is 411. The van der Waals surface area contributed by atoms with Crippen LogP contribution in [-0.2, 0) is 16.6 Å². The van der Waals surface area contributed by atoms with Gasteiger partial charge in [-0.1, -0.05) is 0 Å². The van der Waals surface area contributed by atoms with Crippen molar-refractivity contribution in [1.29, 1.82) is 0 Å². The van der Waals surface area contributed by atoms with Crippen LogP contribution in [0.5, 0.6) is 0 Å². The molecule has 0 bridgehead atoms. The Morgan fingerprint density at radius 3 is 2.56 bits per heavy atom. The van der Waals surface area contributed by atoms with Crippen molar-refractivity contribution >= 4 is 12.0 Å². The first-order valence-corrected chi connectivity index (χ1v) is 5.19. The van der Waals surface area contributed by atoms with Crippen molar-refractivity contribution in [1.82, 2.24) is 9.55 Å². The van der Waals surface area contributed by atoms with E-state index in [1.807, 2.05) is 39.3 Å². The maximum Gasteiger partial charge on any atom is 0.331 e. The van der Waals surface area contributed by atoms with E-state index in [4.69, 9.17) is 4.74 Å². The van der Waals surface area contributed by atoms with Crippen molar-refractivity contribution < 1.29 is 9.53 Å². The lowest BCUT2D eigenvalue weighted by Crippen LogP contribution is -2.22. The molecule has 0 spiro atoms. The number of rotatable bonds is 2. The molecule has 0 aliphatic carbocycles. The van der Waals surface area contributed by atoms with E-state index in [0.717, 1.165) is 11.5 Å². The zero-order chi connectivity index (χ0) is 12.3. The van der Waals surface area contributed by atoms with Gasteiger partial charge in [0.2, 0.25) is 0 Å². The standard InChI is InChI=1S/C12H18N2O2/c1-9-13-8-10(14(9)5)6-7-11(15)16-12(2,3)4/h6-8H,1-5H3/b7-6+. The Morgan fingerprint density at radius 2 is 2.12 bits per heavy atom. The average Bonchev–Trinajstić information content (AvgIpc) is 2.42. The number of imidazole rings is 1. The van der Waals surface area contributed by atoms with E-state index >= 15 is 0 Å². The summed E-state index contributed by atoms with van der Waals surface area (Å²) in [7, 11) is 1.90. The third kappa shape index (κ3) is 3.53. The monoisotopic (exact) mass is 222 g/mol.